The molecule has 0 unspecified atom stereocenters. The number of carbonyl (C=O) groups excluding carboxylic acids is 2. The van der Waals surface area contributed by atoms with Crippen LogP contribution in [0.1, 0.15) is 24.8 Å². The molecule has 0 saturated carbocycles. The molecule has 1 saturated heterocycles. The maximum Gasteiger partial charge on any atom is 0.238 e. The number of carbonyl (C=O) groups is 2. The number of hydrogen-bond acceptors (Lipinski definition) is 3. The standard InChI is InChI=1S/C18H26BrN3O2/c1-15-5-4-6-16(13-15)20-17(23)14-21-9-11-22(12-10-21)18(24)7-2-3-8-19/h4-6,13H,2-3,7-12,14H2,1H3,(H,20,23). The highest BCUT2D eigenvalue weighted by Gasteiger charge is 2.22. The number of halogens is 1. The van der Waals surface area contributed by atoms with Crippen LogP contribution >= 0.6 is 15.9 Å². The number of amides is 2. The van der Waals surface area contributed by atoms with Gasteiger partial charge in [0.15, 0.2) is 0 Å². The molecule has 1 N–H and O–H groups in total. The van der Waals surface area contributed by atoms with E-state index in [1.165, 1.54) is 0 Å². The number of hydrogen-bond donors (Lipinski definition) is 1. The molecule has 2 rings (SSSR count). The molecule has 0 atom stereocenters. The Labute approximate surface area is 152 Å². The number of aryl methyl sites for hydroxylation is 1. The van der Waals surface area contributed by atoms with Gasteiger partial charge in [-0.1, -0.05) is 28.1 Å². The van der Waals surface area contributed by atoms with Crippen molar-refractivity contribution in [3.05, 3.63) is 29.8 Å². The second-order valence-corrected chi connectivity index (χ2v) is 7.01. The smallest absolute Gasteiger partial charge is 0.238 e. The number of unbranched alkanes of at least 4 members (excludes halogenated alkanes) is 1. The predicted molar refractivity (Wildman–Crippen MR) is 100 cm³/mol. The molecule has 0 spiro atoms. The number of piperazine rings is 1. The summed E-state index contributed by atoms with van der Waals surface area (Å²) < 4.78 is 0. The Morgan fingerprint density at radius 2 is 1.92 bits per heavy atom. The molecule has 0 aliphatic carbocycles. The van der Waals surface area contributed by atoms with Gasteiger partial charge in [0.1, 0.15) is 0 Å². The quantitative estimate of drug-likeness (QED) is 0.570. The Hall–Kier alpha value is -1.40. The molecule has 0 bridgehead atoms. The summed E-state index contributed by atoms with van der Waals surface area (Å²) in [5, 5.41) is 3.88. The molecular formula is C18H26BrN3O2. The van der Waals surface area contributed by atoms with E-state index in [1.54, 1.807) is 0 Å². The van der Waals surface area contributed by atoms with E-state index < -0.39 is 0 Å². The fourth-order valence-corrected chi connectivity index (χ4v) is 3.21. The zero-order valence-corrected chi connectivity index (χ0v) is 15.8. The van der Waals surface area contributed by atoms with Crippen LogP contribution in [0, 0.1) is 6.92 Å². The van der Waals surface area contributed by atoms with E-state index in [9.17, 15) is 9.59 Å². The van der Waals surface area contributed by atoms with E-state index in [0.29, 0.717) is 26.1 Å². The van der Waals surface area contributed by atoms with Crippen LogP contribution < -0.4 is 5.32 Å². The Balaban J connectivity index is 1.70. The van der Waals surface area contributed by atoms with E-state index in [4.69, 9.17) is 0 Å². The molecular weight excluding hydrogens is 370 g/mol. The molecule has 24 heavy (non-hydrogen) atoms. The van der Waals surface area contributed by atoms with Crippen LogP contribution in [0.5, 0.6) is 0 Å². The largest absolute Gasteiger partial charge is 0.340 e. The van der Waals surface area contributed by atoms with Crippen molar-refractivity contribution in [2.45, 2.75) is 26.2 Å². The monoisotopic (exact) mass is 395 g/mol. The molecule has 0 radical (unpaired) electrons. The number of nitrogens with zero attached hydrogens (tertiary/aromatic N) is 2. The SMILES string of the molecule is Cc1cccc(NC(=O)CN2CCN(C(=O)CCCCBr)CC2)c1. The van der Waals surface area contributed by atoms with E-state index in [-0.39, 0.29) is 11.8 Å². The summed E-state index contributed by atoms with van der Waals surface area (Å²) in [6.07, 6.45) is 2.59. The number of alkyl halides is 1. The van der Waals surface area contributed by atoms with Gasteiger partial charge in [-0.15, -0.1) is 0 Å². The van der Waals surface area contributed by atoms with E-state index >= 15 is 0 Å². The number of anilines is 1. The zero-order chi connectivity index (χ0) is 17.4. The van der Waals surface area contributed by atoms with Crippen molar-refractivity contribution in [1.29, 1.82) is 0 Å². The van der Waals surface area contributed by atoms with Crippen molar-refractivity contribution < 1.29 is 9.59 Å². The summed E-state index contributed by atoms with van der Waals surface area (Å²) in [5.41, 5.74) is 1.96. The van der Waals surface area contributed by atoms with Gasteiger partial charge < -0.3 is 10.2 Å². The third-order valence-electron chi connectivity index (χ3n) is 4.17. The first-order valence-electron chi connectivity index (χ1n) is 8.51. The molecule has 1 fully saturated rings. The summed E-state index contributed by atoms with van der Waals surface area (Å²) >= 11 is 3.38. The molecule has 5 nitrogen and oxygen atoms in total. The summed E-state index contributed by atoms with van der Waals surface area (Å²) in [5.74, 6) is 0.234. The molecule has 1 aromatic rings. The second-order valence-electron chi connectivity index (χ2n) is 6.22. The minimum atomic E-state index is -0.00213. The first-order chi connectivity index (χ1) is 11.6. The zero-order valence-electron chi connectivity index (χ0n) is 14.3. The molecule has 1 heterocycles. The van der Waals surface area contributed by atoms with Crippen molar-refractivity contribution in [3.63, 3.8) is 0 Å². The van der Waals surface area contributed by atoms with Gasteiger partial charge in [-0.2, -0.15) is 0 Å². The van der Waals surface area contributed by atoms with Gasteiger partial charge in [-0.3, -0.25) is 14.5 Å². The Morgan fingerprint density at radius 3 is 2.58 bits per heavy atom. The van der Waals surface area contributed by atoms with E-state index in [2.05, 4.69) is 26.1 Å². The Kier molecular flexibility index (Phi) is 7.72. The molecule has 132 valence electrons. The number of rotatable bonds is 7. The Bertz CT molecular complexity index is 557. The van der Waals surface area contributed by atoms with Crippen molar-refractivity contribution in [1.82, 2.24) is 9.80 Å². The van der Waals surface area contributed by atoms with Crippen molar-refractivity contribution in [3.8, 4) is 0 Å². The lowest BCUT2D eigenvalue weighted by molar-refractivity contribution is -0.133. The lowest BCUT2D eigenvalue weighted by Gasteiger charge is -2.34. The Morgan fingerprint density at radius 1 is 1.17 bits per heavy atom. The maximum absolute atomic E-state index is 12.1. The molecule has 2 amide bonds. The van der Waals surface area contributed by atoms with Crippen LogP contribution in [0.4, 0.5) is 5.69 Å². The summed E-state index contributed by atoms with van der Waals surface area (Å²) in [6.45, 7) is 5.32. The fraction of sp³-hybridized carbons (Fsp3) is 0.556. The average Bonchev–Trinajstić information content (AvgIpc) is 2.55. The highest BCUT2D eigenvalue weighted by molar-refractivity contribution is 9.09. The van der Waals surface area contributed by atoms with Gasteiger partial charge >= 0.3 is 0 Å². The third kappa shape index (κ3) is 6.24. The summed E-state index contributed by atoms with van der Waals surface area (Å²) in [7, 11) is 0. The van der Waals surface area contributed by atoms with Crippen molar-refractivity contribution >= 4 is 33.4 Å². The van der Waals surface area contributed by atoms with Crippen LogP contribution in [-0.2, 0) is 9.59 Å². The molecule has 1 aliphatic heterocycles. The second kappa shape index (κ2) is 9.79. The number of benzene rings is 1. The molecule has 1 aliphatic rings. The van der Waals surface area contributed by atoms with Gasteiger partial charge in [-0.05, 0) is 37.5 Å². The predicted octanol–water partition coefficient (Wildman–Crippen LogP) is 2.64. The van der Waals surface area contributed by atoms with E-state index in [0.717, 1.165) is 42.5 Å². The maximum atomic E-state index is 12.1. The lowest BCUT2D eigenvalue weighted by Crippen LogP contribution is -2.50. The van der Waals surface area contributed by atoms with Crippen molar-refractivity contribution in [2.24, 2.45) is 0 Å². The molecule has 6 heteroatoms. The first-order valence-corrected chi connectivity index (χ1v) is 9.63. The van der Waals surface area contributed by atoms with Crippen LogP contribution in [0.25, 0.3) is 0 Å². The highest BCUT2D eigenvalue weighted by atomic mass is 79.9. The normalized spacial score (nSPS) is 15.3. The van der Waals surface area contributed by atoms with Gasteiger partial charge in [0, 0.05) is 43.6 Å². The van der Waals surface area contributed by atoms with E-state index in [1.807, 2.05) is 36.1 Å². The third-order valence-corrected chi connectivity index (χ3v) is 4.73. The first kappa shape index (κ1) is 18.9. The summed E-state index contributed by atoms with van der Waals surface area (Å²) in [6, 6.07) is 7.80. The summed E-state index contributed by atoms with van der Waals surface area (Å²) in [4.78, 5) is 28.3. The number of nitrogens with one attached hydrogen (secondary N) is 1. The molecule has 0 aromatic heterocycles. The molecule has 1 aromatic carbocycles. The fourth-order valence-electron chi connectivity index (χ4n) is 2.81. The van der Waals surface area contributed by atoms with Crippen LogP contribution in [0.2, 0.25) is 0 Å². The average molecular weight is 396 g/mol. The van der Waals surface area contributed by atoms with Crippen LogP contribution in [0.15, 0.2) is 24.3 Å². The van der Waals surface area contributed by atoms with Crippen molar-refractivity contribution in [2.75, 3.05) is 43.4 Å². The van der Waals surface area contributed by atoms with Gasteiger partial charge in [-0.25, -0.2) is 0 Å². The highest BCUT2D eigenvalue weighted by Crippen LogP contribution is 2.10. The van der Waals surface area contributed by atoms with Gasteiger partial charge in [0.25, 0.3) is 0 Å². The van der Waals surface area contributed by atoms with Crippen LogP contribution in [-0.4, -0.2) is 59.7 Å². The van der Waals surface area contributed by atoms with Gasteiger partial charge in [0.2, 0.25) is 11.8 Å². The topological polar surface area (TPSA) is 52.7 Å². The van der Waals surface area contributed by atoms with Gasteiger partial charge in [0.05, 0.1) is 6.54 Å². The van der Waals surface area contributed by atoms with Crippen LogP contribution in [0.3, 0.4) is 0 Å². The minimum absolute atomic E-state index is 0.00213. The lowest BCUT2D eigenvalue weighted by atomic mass is 10.2. The minimum Gasteiger partial charge on any atom is -0.340 e.